The summed E-state index contributed by atoms with van der Waals surface area (Å²) >= 11 is 0. The zero-order chi connectivity index (χ0) is 13.6. The lowest BCUT2D eigenvalue weighted by atomic mass is 9.81. The van der Waals surface area contributed by atoms with Crippen molar-refractivity contribution in [1.29, 1.82) is 0 Å². The third-order valence-corrected chi connectivity index (χ3v) is 3.49. The molecule has 112 valence electrons. The van der Waals surface area contributed by atoms with Crippen molar-refractivity contribution < 1.29 is 9.59 Å². The molecule has 1 rings (SSSR count). The van der Waals surface area contributed by atoms with Gasteiger partial charge in [-0.05, 0) is 40.2 Å². The van der Waals surface area contributed by atoms with Crippen molar-refractivity contribution in [1.82, 2.24) is 15.5 Å². The molecule has 0 aliphatic carbocycles. The lowest BCUT2D eigenvalue weighted by Gasteiger charge is -2.36. The molecule has 1 unspecified atom stereocenters. The zero-order valence-corrected chi connectivity index (χ0v) is 12.9. The summed E-state index contributed by atoms with van der Waals surface area (Å²) in [5.74, 6) is 0.00326. The molecule has 0 aromatic carbocycles. The van der Waals surface area contributed by atoms with E-state index in [1.165, 1.54) is 0 Å². The average Bonchev–Trinajstić information content (AvgIpc) is 2.36. The molecule has 0 bridgehead atoms. The maximum Gasteiger partial charge on any atom is 0.239 e. The minimum Gasteiger partial charge on any atom is -0.355 e. The summed E-state index contributed by atoms with van der Waals surface area (Å²) < 4.78 is 0. The van der Waals surface area contributed by atoms with E-state index in [1.807, 2.05) is 20.8 Å². The number of hydrogen-bond acceptors (Lipinski definition) is 3. The Morgan fingerprint density at radius 2 is 2.05 bits per heavy atom. The van der Waals surface area contributed by atoms with Crippen molar-refractivity contribution >= 4 is 24.2 Å². The second-order valence-corrected chi connectivity index (χ2v) is 5.11. The summed E-state index contributed by atoms with van der Waals surface area (Å²) in [6.45, 7) is 8.80. The van der Waals surface area contributed by atoms with E-state index in [1.54, 1.807) is 4.90 Å². The van der Waals surface area contributed by atoms with Crippen LogP contribution in [0.15, 0.2) is 0 Å². The zero-order valence-electron chi connectivity index (χ0n) is 12.1. The van der Waals surface area contributed by atoms with E-state index in [0.717, 1.165) is 19.4 Å². The summed E-state index contributed by atoms with van der Waals surface area (Å²) in [6, 6.07) is 0. The fourth-order valence-electron chi connectivity index (χ4n) is 2.37. The van der Waals surface area contributed by atoms with E-state index in [0.29, 0.717) is 19.6 Å². The predicted octanol–water partition coefficient (Wildman–Crippen LogP) is 0.782. The summed E-state index contributed by atoms with van der Waals surface area (Å²) in [7, 11) is 0. The number of carbonyl (C=O) groups is 2. The molecule has 1 aliphatic rings. The maximum absolute atomic E-state index is 12.5. The molecule has 5 nitrogen and oxygen atoms in total. The van der Waals surface area contributed by atoms with Crippen molar-refractivity contribution in [3.63, 3.8) is 0 Å². The van der Waals surface area contributed by atoms with Crippen molar-refractivity contribution in [2.24, 2.45) is 5.41 Å². The molecule has 1 aliphatic heterocycles. The van der Waals surface area contributed by atoms with Crippen LogP contribution in [-0.2, 0) is 9.59 Å². The second-order valence-electron chi connectivity index (χ2n) is 5.11. The molecule has 1 saturated heterocycles. The first kappa shape index (κ1) is 18.2. The minimum absolute atomic E-state index is 0. The van der Waals surface area contributed by atoms with Gasteiger partial charge in [0.25, 0.3) is 0 Å². The minimum atomic E-state index is -0.360. The van der Waals surface area contributed by atoms with Crippen molar-refractivity contribution in [3.8, 4) is 0 Å². The molecular formula is C13H26ClN3O2. The molecule has 1 atom stereocenters. The van der Waals surface area contributed by atoms with Gasteiger partial charge in [-0.2, -0.15) is 0 Å². The van der Waals surface area contributed by atoms with Gasteiger partial charge >= 0.3 is 0 Å². The summed E-state index contributed by atoms with van der Waals surface area (Å²) in [5, 5.41) is 6.00. The van der Waals surface area contributed by atoms with Crippen LogP contribution >= 0.6 is 12.4 Å². The number of nitrogens with one attached hydrogen (secondary N) is 2. The van der Waals surface area contributed by atoms with Gasteiger partial charge < -0.3 is 15.5 Å². The summed E-state index contributed by atoms with van der Waals surface area (Å²) in [4.78, 5) is 25.7. The van der Waals surface area contributed by atoms with Crippen molar-refractivity contribution in [2.75, 3.05) is 32.7 Å². The fraction of sp³-hybridized carbons (Fsp3) is 0.846. The number of likely N-dealkylation sites (N-methyl/N-ethyl adjacent to an activating group) is 2. The van der Waals surface area contributed by atoms with E-state index >= 15 is 0 Å². The van der Waals surface area contributed by atoms with Gasteiger partial charge in [-0.15, -0.1) is 12.4 Å². The van der Waals surface area contributed by atoms with E-state index < -0.39 is 0 Å². The van der Waals surface area contributed by atoms with Gasteiger partial charge in [-0.25, -0.2) is 0 Å². The number of piperidine rings is 1. The van der Waals surface area contributed by atoms with Crippen LogP contribution in [0.1, 0.15) is 33.6 Å². The molecule has 0 aromatic rings. The van der Waals surface area contributed by atoms with E-state index in [-0.39, 0.29) is 36.2 Å². The first-order valence-electron chi connectivity index (χ1n) is 6.80. The lowest BCUT2D eigenvalue weighted by molar-refractivity contribution is -0.144. The summed E-state index contributed by atoms with van der Waals surface area (Å²) in [5.41, 5.74) is -0.360. The quantitative estimate of drug-likeness (QED) is 0.787. The van der Waals surface area contributed by atoms with E-state index in [2.05, 4.69) is 10.6 Å². The topological polar surface area (TPSA) is 61.4 Å². The number of nitrogens with zero attached hydrogens (tertiary/aromatic N) is 1. The highest BCUT2D eigenvalue weighted by atomic mass is 35.5. The highest BCUT2D eigenvalue weighted by Crippen LogP contribution is 2.27. The molecule has 0 aromatic heterocycles. The Labute approximate surface area is 121 Å². The van der Waals surface area contributed by atoms with Crippen molar-refractivity contribution in [3.05, 3.63) is 0 Å². The van der Waals surface area contributed by atoms with E-state index in [4.69, 9.17) is 0 Å². The number of amides is 2. The van der Waals surface area contributed by atoms with Crippen LogP contribution in [0.2, 0.25) is 0 Å². The van der Waals surface area contributed by atoms with Crippen LogP contribution in [0.3, 0.4) is 0 Å². The van der Waals surface area contributed by atoms with Gasteiger partial charge in [-0.3, -0.25) is 9.59 Å². The fourth-order valence-corrected chi connectivity index (χ4v) is 2.37. The Morgan fingerprint density at radius 3 is 2.53 bits per heavy atom. The monoisotopic (exact) mass is 291 g/mol. The second kappa shape index (κ2) is 8.38. The van der Waals surface area contributed by atoms with Crippen LogP contribution in [-0.4, -0.2) is 49.4 Å². The van der Waals surface area contributed by atoms with Crippen molar-refractivity contribution in [2.45, 2.75) is 33.6 Å². The maximum atomic E-state index is 12.5. The highest BCUT2D eigenvalue weighted by Gasteiger charge is 2.37. The SMILES string of the molecule is CCNC(=O)CN(CC)C(=O)C1(C)CCCNC1.Cl. The Balaban J connectivity index is 0.00000324. The van der Waals surface area contributed by atoms with Gasteiger partial charge in [0, 0.05) is 19.6 Å². The number of halogens is 1. The van der Waals surface area contributed by atoms with Crippen LogP contribution in [0, 0.1) is 5.41 Å². The molecule has 6 heteroatoms. The number of rotatable bonds is 5. The average molecular weight is 292 g/mol. The van der Waals surface area contributed by atoms with Gasteiger partial charge in [0.15, 0.2) is 0 Å². The Morgan fingerprint density at radius 1 is 1.37 bits per heavy atom. The molecule has 0 spiro atoms. The molecule has 2 N–H and O–H groups in total. The number of carbonyl (C=O) groups excluding carboxylic acids is 2. The Bertz CT molecular complexity index is 304. The summed E-state index contributed by atoms with van der Waals surface area (Å²) in [6.07, 6.45) is 1.91. The molecule has 2 amide bonds. The molecule has 1 heterocycles. The largest absolute Gasteiger partial charge is 0.355 e. The Hall–Kier alpha value is -0.810. The molecule has 19 heavy (non-hydrogen) atoms. The normalized spacial score (nSPS) is 22.3. The number of hydrogen-bond donors (Lipinski definition) is 2. The van der Waals surface area contributed by atoms with Crippen LogP contribution in [0.25, 0.3) is 0 Å². The molecule has 1 fully saturated rings. The van der Waals surface area contributed by atoms with Crippen LogP contribution in [0.5, 0.6) is 0 Å². The Kier molecular flexibility index (Phi) is 8.02. The third kappa shape index (κ3) is 4.99. The smallest absolute Gasteiger partial charge is 0.239 e. The van der Waals surface area contributed by atoms with E-state index in [9.17, 15) is 9.59 Å². The van der Waals surface area contributed by atoms with Gasteiger partial charge in [0.05, 0.1) is 12.0 Å². The molecular weight excluding hydrogens is 266 g/mol. The third-order valence-electron chi connectivity index (χ3n) is 3.49. The van der Waals surface area contributed by atoms with Gasteiger partial charge in [0.2, 0.25) is 11.8 Å². The first-order chi connectivity index (χ1) is 8.53. The van der Waals surface area contributed by atoms with Crippen LogP contribution < -0.4 is 10.6 Å². The van der Waals surface area contributed by atoms with Gasteiger partial charge in [0.1, 0.15) is 0 Å². The molecule has 0 saturated carbocycles. The lowest BCUT2D eigenvalue weighted by Crippen LogP contribution is -2.52. The highest BCUT2D eigenvalue weighted by molar-refractivity contribution is 5.88. The van der Waals surface area contributed by atoms with Gasteiger partial charge in [-0.1, -0.05) is 0 Å². The first-order valence-corrected chi connectivity index (χ1v) is 6.80. The predicted molar refractivity (Wildman–Crippen MR) is 78.4 cm³/mol. The molecule has 0 radical (unpaired) electrons. The standard InChI is InChI=1S/C13H25N3O2.ClH/c1-4-15-11(17)9-16(5-2)12(18)13(3)7-6-8-14-10-13;/h14H,4-10H2,1-3H3,(H,15,17);1H. The van der Waals surface area contributed by atoms with Crippen LogP contribution in [0.4, 0.5) is 0 Å².